The van der Waals surface area contributed by atoms with Gasteiger partial charge in [-0.25, -0.2) is 0 Å². The van der Waals surface area contributed by atoms with Crippen molar-refractivity contribution >= 4 is 0 Å². The molecule has 0 atom stereocenters. The van der Waals surface area contributed by atoms with E-state index < -0.39 is 27.2 Å². The van der Waals surface area contributed by atoms with Crippen molar-refractivity contribution in [1.29, 1.82) is 0 Å². The van der Waals surface area contributed by atoms with Crippen LogP contribution in [0, 0.1) is 0 Å². The van der Waals surface area contributed by atoms with E-state index in [0.717, 1.165) is 0 Å². The van der Waals surface area contributed by atoms with Gasteiger partial charge in [-0.1, -0.05) is 0 Å². The second-order valence-corrected chi connectivity index (χ2v) is 4.52. The van der Waals surface area contributed by atoms with Crippen molar-refractivity contribution in [2.75, 3.05) is 0 Å². The zero-order chi connectivity index (χ0) is 7.71. The minimum atomic E-state index is -6.07. The molecule has 0 fully saturated rings. The molecule has 0 unspecified atom stereocenters. The second-order valence-electron chi connectivity index (χ2n) is 0.885. The molecular weight excluding hydrogens is 319 g/mol. The Morgan fingerprint density at radius 3 is 1.09 bits per heavy atom. The summed E-state index contributed by atoms with van der Waals surface area (Å²) in [5.41, 5.74) is 0. The van der Waals surface area contributed by atoms with Gasteiger partial charge in [-0.2, -0.15) is 0 Å². The van der Waals surface area contributed by atoms with Crippen LogP contribution < -0.4 is 59.7 Å². The summed E-state index contributed by atoms with van der Waals surface area (Å²) in [4.78, 5) is 0. The van der Waals surface area contributed by atoms with Gasteiger partial charge >= 0.3 is 122 Å². The zero-order valence-electron chi connectivity index (χ0n) is 4.98. The Balaban J connectivity index is -0.000000320. The molecule has 0 aliphatic carbocycles. The van der Waals surface area contributed by atoms with Crippen LogP contribution in [-0.4, -0.2) is 0 Å². The monoisotopic (exact) mass is 318 g/mol. The fourth-order valence-corrected chi connectivity index (χ4v) is 1.74. The maximum absolute atomic E-state index is 9.38. The molecule has 11 heavy (non-hydrogen) atoms. The summed E-state index contributed by atoms with van der Waals surface area (Å²) in [5, 5.41) is 0. The third-order valence-electron chi connectivity index (χ3n) is 0.167. The van der Waals surface area contributed by atoms with Gasteiger partial charge in [-0.15, -0.1) is 0 Å². The zero-order valence-corrected chi connectivity index (χ0v) is 11.6. The number of rotatable bonds is 2. The molecule has 0 aromatic heterocycles. The fourth-order valence-electron chi connectivity index (χ4n) is 0.102. The fraction of sp³-hybridized carbons (Fsp3) is 0. The van der Waals surface area contributed by atoms with Crippen LogP contribution in [0.3, 0.4) is 0 Å². The molecule has 65 valence electrons. The summed E-state index contributed by atoms with van der Waals surface area (Å²) in [6, 6.07) is 0. The van der Waals surface area contributed by atoms with Crippen molar-refractivity contribution in [2.24, 2.45) is 0 Å². The first kappa shape index (κ1) is 19.0. The Kier molecular flexibility index (Phi) is 11.6. The number of hydrogen-bond acceptors (Lipinski definition) is 7. The van der Waals surface area contributed by atoms with Crippen LogP contribution in [0.5, 0.6) is 0 Å². The Morgan fingerprint density at radius 1 is 0.909 bits per heavy atom. The van der Waals surface area contributed by atoms with E-state index in [1.165, 1.54) is 0 Å². The molecule has 0 aromatic rings. The van der Waals surface area contributed by atoms with Gasteiger partial charge in [0.15, 0.2) is 0 Å². The van der Waals surface area contributed by atoms with E-state index >= 15 is 0 Å². The molecule has 0 N–H and O–H groups in total. The van der Waals surface area contributed by atoms with Crippen molar-refractivity contribution in [1.82, 2.24) is 0 Å². The van der Waals surface area contributed by atoms with Crippen LogP contribution in [0.1, 0.15) is 0 Å². The van der Waals surface area contributed by atoms with Gasteiger partial charge in [-0.3, -0.25) is 0 Å². The normalized spacial score (nSPS) is 11.1. The quantitative estimate of drug-likeness (QED) is 0.464. The van der Waals surface area contributed by atoms with Crippen molar-refractivity contribution in [3.8, 4) is 0 Å². The molecule has 0 rings (SSSR count). The summed E-state index contributed by atoms with van der Waals surface area (Å²) in [7, 11) is 0. The summed E-state index contributed by atoms with van der Waals surface area (Å²) >= 11 is -12.1. The van der Waals surface area contributed by atoms with Gasteiger partial charge in [-0.05, 0) is 0 Å². The van der Waals surface area contributed by atoms with Gasteiger partial charge in [0.1, 0.15) is 0 Å². The summed E-state index contributed by atoms with van der Waals surface area (Å²) in [6.07, 6.45) is 0. The first-order valence-electron chi connectivity index (χ1n) is 1.33. The predicted octanol–water partition coefficient (Wildman–Crippen LogP) is -5.93. The van der Waals surface area contributed by atoms with Crippen LogP contribution in [0.2, 0.25) is 0 Å². The van der Waals surface area contributed by atoms with Crippen LogP contribution in [0.4, 0.5) is 0 Å². The van der Waals surface area contributed by atoms with Crippen LogP contribution >= 0.6 is 0 Å². The van der Waals surface area contributed by atoms with Crippen molar-refractivity contribution in [3.63, 3.8) is 0 Å². The van der Waals surface area contributed by atoms with Gasteiger partial charge in [0, 0.05) is 0 Å². The average molecular weight is 319 g/mol. The Bertz CT molecular complexity index is 242. The van der Waals surface area contributed by atoms with Crippen molar-refractivity contribution < 1.29 is 122 Å². The molecule has 11 heteroatoms. The summed E-state index contributed by atoms with van der Waals surface area (Å²) in [5.74, 6) is 0. The SMILES string of the molecule is [Cu+2].[K+].[O]=[Cr](=[O])([O-])[O][Cr](=[O])(=[O])[O-]. The molecule has 7 nitrogen and oxygen atoms in total. The molecule has 0 bridgehead atoms. The van der Waals surface area contributed by atoms with E-state index in [1.807, 2.05) is 0 Å². The Labute approximate surface area is 120 Å². The van der Waals surface area contributed by atoms with Crippen LogP contribution in [0.15, 0.2) is 0 Å². The van der Waals surface area contributed by atoms with E-state index in [9.17, 15) is 23.5 Å². The Morgan fingerprint density at radius 2 is 1.09 bits per heavy atom. The molecule has 0 heterocycles. The Hall–Kier alpha value is 2.30. The van der Waals surface area contributed by atoms with Gasteiger partial charge in [0.25, 0.3) is 0 Å². The molecule has 0 amide bonds. The van der Waals surface area contributed by atoms with E-state index in [-0.39, 0.29) is 68.5 Å². The third kappa shape index (κ3) is 18.9. The molecule has 0 aliphatic heterocycles. The van der Waals surface area contributed by atoms with E-state index in [0.29, 0.717) is 0 Å². The average Bonchev–Trinajstić information content (AvgIpc) is 1.14. The molecule has 0 saturated carbocycles. The van der Waals surface area contributed by atoms with Gasteiger partial charge in [0.05, 0.1) is 0 Å². The van der Waals surface area contributed by atoms with Crippen LogP contribution in [-0.2, 0) is 62.3 Å². The minimum absolute atomic E-state index is 0. The van der Waals surface area contributed by atoms with Gasteiger partial charge < -0.3 is 0 Å². The summed E-state index contributed by atoms with van der Waals surface area (Å²) in [6.45, 7) is 0. The predicted molar refractivity (Wildman–Crippen MR) is 3.83 cm³/mol. The number of hydrogen-bond donors (Lipinski definition) is 0. The molecular formula is Cr2CuKO7+. The topological polar surface area (TPSA) is 124 Å². The van der Waals surface area contributed by atoms with Crippen molar-refractivity contribution in [2.45, 2.75) is 0 Å². The molecule has 0 saturated heterocycles. The molecule has 1 radical (unpaired) electrons. The molecule has 0 spiro atoms. The van der Waals surface area contributed by atoms with Gasteiger partial charge in [0.2, 0.25) is 0 Å². The maximum atomic E-state index is 9.38. The molecule has 0 aliphatic rings. The van der Waals surface area contributed by atoms with Crippen LogP contribution in [0.25, 0.3) is 0 Å². The van der Waals surface area contributed by atoms with Crippen molar-refractivity contribution in [3.05, 3.63) is 0 Å². The first-order chi connectivity index (χ1) is 3.71. The standard InChI is InChI=1S/2Cr.Cu.K.7O/q;;+2;+1;;;;;;2*-1. The first-order valence-corrected chi connectivity index (χ1v) is 5.50. The third-order valence-corrected chi connectivity index (χ3v) is 2.83. The van der Waals surface area contributed by atoms with E-state index in [4.69, 9.17) is 0 Å². The molecule has 0 aromatic carbocycles. The second kappa shape index (κ2) is 6.71. The van der Waals surface area contributed by atoms with E-state index in [2.05, 4.69) is 2.84 Å². The summed E-state index contributed by atoms with van der Waals surface area (Å²) < 4.78 is 58.9. The van der Waals surface area contributed by atoms with E-state index in [1.54, 1.807) is 0 Å².